The van der Waals surface area contributed by atoms with Crippen LogP contribution >= 0.6 is 0 Å². The smallest absolute Gasteiger partial charge is 0.312 e. The van der Waals surface area contributed by atoms with Crippen molar-refractivity contribution in [3.63, 3.8) is 0 Å². The highest BCUT2D eigenvalue weighted by atomic mass is 16.6. The minimum atomic E-state index is -0.742. The monoisotopic (exact) mass is 310 g/mol. The molecule has 22 heavy (non-hydrogen) atoms. The summed E-state index contributed by atoms with van der Waals surface area (Å²) >= 11 is 0. The second-order valence-electron chi connectivity index (χ2n) is 6.63. The molecule has 6 nitrogen and oxygen atoms in total. The number of hydrogen-bond acceptors (Lipinski definition) is 6. The number of ether oxygens (including phenoxy) is 3. The molecule has 0 aromatic heterocycles. The van der Waals surface area contributed by atoms with Crippen LogP contribution in [0.25, 0.3) is 0 Å². The molecular formula is C16H22O6. The third-order valence-electron chi connectivity index (χ3n) is 5.06. The number of aldehydes is 1. The molecular weight excluding hydrogens is 288 g/mol. The van der Waals surface area contributed by atoms with E-state index in [1.807, 2.05) is 6.92 Å². The van der Waals surface area contributed by atoms with Crippen LogP contribution in [0.1, 0.15) is 26.2 Å². The molecule has 2 heterocycles. The molecule has 6 unspecified atom stereocenters. The van der Waals surface area contributed by atoms with Gasteiger partial charge in [0, 0.05) is 19.4 Å². The van der Waals surface area contributed by atoms with Crippen molar-refractivity contribution in [3.05, 3.63) is 11.6 Å². The van der Waals surface area contributed by atoms with E-state index in [9.17, 15) is 14.7 Å². The van der Waals surface area contributed by atoms with Crippen LogP contribution in [0.3, 0.4) is 0 Å². The van der Waals surface area contributed by atoms with E-state index in [-0.39, 0.29) is 24.3 Å². The summed E-state index contributed by atoms with van der Waals surface area (Å²) in [7, 11) is 1.52. The van der Waals surface area contributed by atoms with Crippen LogP contribution < -0.4 is 0 Å². The Morgan fingerprint density at radius 2 is 2.32 bits per heavy atom. The Balaban J connectivity index is 1.92. The molecule has 0 spiro atoms. The van der Waals surface area contributed by atoms with Crippen LogP contribution in [-0.2, 0) is 23.8 Å². The molecule has 122 valence electrons. The first kappa shape index (κ1) is 15.6. The van der Waals surface area contributed by atoms with Gasteiger partial charge >= 0.3 is 5.97 Å². The van der Waals surface area contributed by atoms with Gasteiger partial charge in [-0.1, -0.05) is 0 Å². The molecule has 0 saturated carbocycles. The molecule has 6 heteroatoms. The van der Waals surface area contributed by atoms with Crippen LogP contribution in [0.4, 0.5) is 0 Å². The Hall–Kier alpha value is -1.24. The summed E-state index contributed by atoms with van der Waals surface area (Å²) in [4.78, 5) is 23.3. The van der Waals surface area contributed by atoms with E-state index in [1.54, 1.807) is 6.08 Å². The van der Waals surface area contributed by atoms with Gasteiger partial charge < -0.3 is 19.3 Å². The van der Waals surface area contributed by atoms with E-state index >= 15 is 0 Å². The number of hydrogen-bond donors (Lipinski definition) is 1. The summed E-state index contributed by atoms with van der Waals surface area (Å²) in [5.74, 6) is -1.31. The molecule has 2 saturated heterocycles. The molecule has 1 N–H and O–H groups in total. The van der Waals surface area contributed by atoms with E-state index in [2.05, 4.69) is 0 Å². The largest absolute Gasteiger partial charge is 0.457 e. The fourth-order valence-corrected chi connectivity index (χ4v) is 3.75. The predicted molar refractivity (Wildman–Crippen MR) is 76.0 cm³/mol. The first-order chi connectivity index (χ1) is 10.5. The van der Waals surface area contributed by atoms with Crippen molar-refractivity contribution in [2.75, 3.05) is 13.7 Å². The second kappa shape index (κ2) is 5.76. The first-order valence-electron chi connectivity index (χ1n) is 7.69. The van der Waals surface area contributed by atoms with Crippen LogP contribution in [-0.4, -0.2) is 55.0 Å². The molecule has 6 atom stereocenters. The van der Waals surface area contributed by atoms with Crippen LogP contribution in [0.15, 0.2) is 11.6 Å². The normalized spacial score (nSPS) is 46.8. The second-order valence-corrected chi connectivity index (χ2v) is 6.63. The maximum absolute atomic E-state index is 12.1. The van der Waals surface area contributed by atoms with Gasteiger partial charge in [-0.3, -0.25) is 9.59 Å². The Bertz CT molecular complexity index is 501. The fraction of sp³-hybridized carbons (Fsp3) is 0.750. The SMILES string of the molecule is COCC1C(=O)OC2/C=C(\C=O)CCC3OC3(C)CC(O)C21. The number of allylic oxidation sites excluding steroid dienone is 1. The highest BCUT2D eigenvalue weighted by Gasteiger charge is 2.56. The minimum Gasteiger partial charge on any atom is -0.457 e. The third kappa shape index (κ3) is 2.71. The highest BCUT2D eigenvalue weighted by Crippen LogP contribution is 2.47. The Morgan fingerprint density at radius 3 is 3.00 bits per heavy atom. The van der Waals surface area contributed by atoms with Crippen LogP contribution in [0.5, 0.6) is 0 Å². The minimum absolute atomic E-state index is 0.0564. The van der Waals surface area contributed by atoms with Gasteiger partial charge in [-0.15, -0.1) is 0 Å². The number of methoxy groups -OCH3 is 1. The Morgan fingerprint density at radius 1 is 1.55 bits per heavy atom. The lowest BCUT2D eigenvalue weighted by molar-refractivity contribution is -0.144. The number of carbonyl (C=O) groups excluding carboxylic acids is 2. The number of epoxide rings is 1. The maximum atomic E-state index is 12.1. The van der Waals surface area contributed by atoms with Gasteiger partial charge in [-0.25, -0.2) is 0 Å². The number of aliphatic hydroxyl groups excluding tert-OH is 1. The topological polar surface area (TPSA) is 85.4 Å². The number of fused-ring (bicyclic) bond motifs is 2. The molecule has 0 radical (unpaired) electrons. The summed E-state index contributed by atoms with van der Waals surface area (Å²) in [6.07, 6.45) is 2.99. The molecule has 3 rings (SSSR count). The van der Waals surface area contributed by atoms with Crippen molar-refractivity contribution < 1.29 is 28.9 Å². The van der Waals surface area contributed by atoms with Crippen molar-refractivity contribution in [2.45, 2.75) is 50.1 Å². The zero-order chi connectivity index (χ0) is 15.9. The van der Waals surface area contributed by atoms with Crippen LogP contribution in [0, 0.1) is 11.8 Å². The lowest BCUT2D eigenvalue weighted by atomic mass is 9.80. The molecule has 0 aromatic carbocycles. The zero-order valence-electron chi connectivity index (χ0n) is 12.9. The van der Waals surface area contributed by atoms with Gasteiger partial charge in [-0.2, -0.15) is 0 Å². The molecule has 0 bridgehead atoms. The highest BCUT2D eigenvalue weighted by molar-refractivity contribution is 5.77. The molecule has 2 fully saturated rings. The molecule has 2 aliphatic heterocycles. The lowest BCUT2D eigenvalue weighted by Gasteiger charge is -2.26. The number of esters is 1. The number of aliphatic hydroxyl groups is 1. The van der Waals surface area contributed by atoms with Gasteiger partial charge in [0.2, 0.25) is 0 Å². The van der Waals surface area contributed by atoms with Crippen molar-refractivity contribution in [1.82, 2.24) is 0 Å². The lowest BCUT2D eigenvalue weighted by Crippen LogP contribution is -2.37. The van der Waals surface area contributed by atoms with E-state index in [0.717, 1.165) is 12.7 Å². The average Bonchev–Trinajstić information content (AvgIpc) is 3.00. The van der Waals surface area contributed by atoms with Crippen molar-refractivity contribution >= 4 is 12.3 Å². The Kier molecular flexibility index (Phi) is 4.09. The summed E-state index contributed by atoms with van der Waals surface area (Å²) < 4.78 is 16.2. The van der Waals surface area contributed by atoms with Crippen molar-refractivity contribution in [2.24, 2.45) is 11.8 Å². The van der Waals surface area contributed by atoms with Gasteiger partial charge in [0.25, 0.3) is 0 Å². The predicted octanol–water partition coefficient (Wildman–Crippen LogP) is 0.618. The molecule has 0 amide bonds. The van der Waals surface area contributed by atoms with Crippen LogP contribution in [0.2, 0.25) is 0 Å². The summed E-state index contributed by atoms with van der Waals surface area (Å²) in [5.41, 5.74) is 0.214. The van der Waals surface area contributed by atoms with Crippen molar-refractivity contribution in [3.8, 4) is 0 Å². The first-order valence-corrected chi connectivity index (χ1v) is 7.69. The van der Waals surface area contributed by atoms with Gasteiger partial charge in [0.05, 0.1) is 30.3 Å². The molecule has 0 aromatic rings. The standard InChI is InChI=1S/C16H22O6/c1-16-6-11(18)14-10(8-20-2)15(19)21-12(14)5-9(7-17)3-4-13(16)22-16/h5,7,10-14,18H,3-4,6,8H2,1-2H3/b9-5-. The van der Waals surface area contributed by atoms with E-state index in [4.69, 9.17) is 14.2 Å². The number of carbonyl (C=O) groups is 2. The van der Waals surface area contributed by atoms with E-state index in [0.29, 0.717) is 18.4 Å². The quantitative estimate of drug-likeness (QED) is 0.467. The maximum Gasteiger partial charge on any atom is 0.312 e. The van der Waals surface area contributed by atoms with Crippen molar-refractivity contribution in [1.29, 1.82) is 0 Å². The van der Waals surface area contributed by atoms with Gasteiger partial charge in [-0.05, 0) is 31.4 Å². The number of rotatable bonds is 3. The summed E-state index contributed by atoms with van der Waals surface area (Å²) in [6, 6.07) is 0. The van der Waals surface area contributed by atoms with E-state index in [1.165, 1.54) is 7.11 Å². The Labute approximate surface area is 129 Å². The summed E-state index contributed by atoms with van der Waals surface area (Å²) in [6.45, 7) is 2.16. The van der Waals surface area contributed by atoms with Gasteiger partial charge in [0.1, 0.15) is 12.4 Å². The summed E-state index contributed by atoms with van der Waals surface area (Å²) in [5, 5.41) is 10.7. The zero-order valence-corrected chi connectivity index (χ0v) is 12.9. The molecule has 3 aliphatic rings. The van der Waals surface area contributed by atoms with E-state index < -0.39 is 24.0 Å². The molecule has 1 aliphatic carbocycles. The average molecular weight is 310 g/mol. The van der Waals surface area contributed by atoms with Gasteiger partial charge in [0.15, 0.2) is 0 Å². The third-order valence-corrected chi connectivity index (χ3v) is 5.06. The fourth-order valence-electron chi connectivity index (χ4n) is 3.75.